The summed E-state index contributed by atoms with van der Waals surface area (Å²) in [6.07, 6.45) is 4.00. The molecule has 1 N–H and O–H groups in total. The SMILES string of the molecule is CCCCN(C)c1nccc(Nc2cc(OC)ccc2OC)n1. The van der Waals surface area contributed by atoms with Crippen molar-refractivity contribution in [3.8, 4) is 11.5 Å². The van der Waals surface area contributed by atoms with Gasteiger partial charge in [0.15, 0.2) is 0 Å². The zero-order valence-electron chi connectivity index (χ0n) is 14.2. The summed E-state index contributed by atoms with van der Waals surface area (Å²) in [5.41, 5.74) is 0.799. The van der Waals surface area contributed by atoms with Gasteiger partial charge in [0.2, 0.25) is 5.95 Å². The van der Waals surface area contributed by atoms with Gasteiger partial charge in [-0.15, -0.1) is 0 Å². The first-order chi connectivity index (χ1) is 11.2. The Hall–Kier alpha value is -2.50. The Bertz CT molecular complexity index is 634. The Labute approximate surface area is 137 Å². The molecule has 124 valence electrons. The third-order valence-corrected chi connectivity index (χ3v) is 3.50. The van der Waals surface area contributed by atoms with Crippen LogP contribution in [0.3, 0.4) is 0 Å². The number of hydrogen-bond donors (Lipinski definition) is 1. The summed E-state index contributed by atoms with van der Waals surface area (Å²) in [5, 5.41) is 3.27. The molecule has 0 radical (unpaired) electrons. The van der Waals surface area contributed by atoms with Gasteiger partial charge in [0.25, 0.3) is 0 Å². The van der Waals surface area contributed by atoms with Gasteiger partial charge < -0.3 is 19.7 Å². The highest BCUT2D eigenvalue weighted by atomic mass is 16.5. The second kappa shape index (κ2) is 8.22. The number of aromatic nitrogens is 2. The quantitative estimate of drug-likeness (QED) is 0.804. The molecule has 6 nitrogen and oxygen atoms in total. The molecular weight excluding hydrogens is 292 g/mol. The molecule has 2 rings (SSSR count). The second-order valence-corrected chi connectivity index (χ2v) is 5.21. The fraction of sp³-hybridized carbons (Fsp3) is 0.412. The number of unbranched alkanes of at least 4 members (excludes halogenated alkanes) is 1. The molecular formula is C17H24N4O2. The number of anilines is 3. The Kier molecular flexibility index (Phi) is 6.02. The van der Waals surface area contributed by atoms with Gasteiger partial charge in [-0.3, -0.25) is 0 Å². The molecule has 0 aliphatic heterocycles. The van der Waals surface area contributed by atoms with Crippen molar-refractivity contribution in [2.24, 2.45) is 0 Å². The normalized spacial score (nSPS) is 10.3. The van der Waals surface area contributed by atoms with E-state index >= 15 is 0 Å². The standard InChI is InChI=1S/C17H24N4O2/c1-5-6-11-21(2)17-18-10-9-16(20-17)19-14-12-13(22-3)7-8-15(14)23-4/h7-10,12H,5-6,11H2,1-4H3,(H,18,19,20). The number of ether oxygens (including phenoxy) is 2. The van der Waals surface area contributed by atoms with E-state index in [-0.39, 0.29) is 0 Å². The summed E-state index contributed by atoms with van der Waals surface area (Å²) in [6, 6.07) is 7.42. The Morgan fingerprint density at radius 2 is 2.00 bits per heavy atom. The zero-order chi connectivity index (χ0) is 16.7. The van der Waals surface area contributed by atoms with E-state index in [1.807, 2.05) is 31.3 Å². The molecule has 1 aromatic heterocycles. The number of methoxy groups -OCH3 is 2. The maximum Gasteiger partial charge on any atom is 0.227 e. The van der Waals surface area contributed by atoms with E-state index in [0.717, 1.165) is 36.6 Å². The molecule has 0 saturated carbocycles. The van der Waals surface area contributed by atoms with Crippen molar-refractivity contribution in [2.45, 2.75) is 19.8 Å². The van der Waals surface area contributed by atoms with Crippen molar-refractivity contribution in [3.63, 3.8) is 0 Å². The van der Waals surface area contributed by atoms with Gasteiger partial charge in [-0.2, -0.15) is 4.98 Å². The minimum Gasteiger partial charge on any atom is -0.497 e. The van der Waals surface area contributed by atoms with E-state index in [1.165, 1.54) is 0 Å². The third-order valence-electron chi connectivity index (χ3n) is 3.50. The predicted octanol–water partition coefficient (Wildman–Crippen LogP) is 3.47. The first-order valence-electron chi connectivity index (χ1n) is 7.71. The van der Waals surface area contributed by atoms with Gasteiger partial charge in [-0.25, -0.2) is 4.98 Å². The molecule has 0 amide bonds. The summed E-state index contributed by atoms with van der Waals surface area (Å²) in [5.74, 6) is 2.89. The van der Waals surface area contributed by atoms with Crippen LogP contribution in [0, 0.1) is 0 Å². The molecule has 0 aliphatic rings. The smallest absolute Gasteiger partial charge is 0.227 e. The van der Waals surface area contributed by atoms with E-state index in [1.54, 1.807) is 20.4 Å². The summed E-state index contributed by atoms with van der Waals surface area (Å²) in [6.45, 7) is 3.10. The van der Waals surface area contributed by atoms with Gasteiger partial charge in [-0.1, -0.05) is 13.3 Å². The number of nitrogens with one attached hydrogen (secondary N) is 1. The monoisotopic (exact) mass is 316 g/mol. The van der Waals surface area contributed by atoms with Crippen molar-refractivity contribution in [3.05, 3.63) is 30.5 Å². The first-order valence-corrected chi connectivity index (χ1v) is 7.71. The number of hydrogen-bond acceptors (Lipinski definition) is 6. The second-order valence-electron chi connectivity index (χ2n) is 5.21. The Balaban J connectivity index is 2.20. The summed E-state index contributed by atoms with van der Waals surface area (Å²) in [4.78, 5) is 10.9. The summed E-state index contributed by atoms with van der Waals surface area (Å²) < 4.78 is 10.6. The lowest BCUT2D eigenvalue weighted by atomic mass is 10.2. The first kappa shape index (κ1) is 16.9. The van der Waals surface area contributed by atoms with E-state index < -0.39 is 0 Å². The van der Waals surface area contributed by atoms with Crippen molar-refractivity contribution in [1.82, 2.24) is 9.97 Å². The van der Waals surface area contributed by atoms with E-state index in [0.29, 0.717) is 11.8 Å². The topological polar surface area (TPSA) is 59.5 Å². The van der Waals surface area contributed by atoms with Gasteiger partial charge >= 0.3 is 0 Å². The van der Waals surface area contributed by atoms with Crippen LogP contribution in [-0.2, 0) is 0 Å². The maximum absolute atomic E-state index is 5.38. The Morgan fingerprint density at radius 1 is 1.17 bits per heavy atom. The summed E-state index contributed by atoms with van der Waals surface area (Å²) >= 11 is 0. The molecule has 6 heteroatoms. The van der Waals surface area contributed by atoms with Crippen LogP contribution in [0.2, 0.25) is 0 Å². The van der Waals surface area contributed by atoms with E-state index in [9.17, 15) is 0 Å². The molecule has 0 fully saturated rings. The molecule has 0 atom stereocenters. The molecule has 23 heavy (non-hydrogen) atoms. The zero-order valence-corrected chi connectivity index (χ0v) is 14.2. The minimum atomic E-state index is 0.699. The largest absolute Gasteiger partial charge is 0.497 e. The van der Waals surface area contributed by atoms with Crippen molar-refractivity contribution < 1.29 is 9.47 Å². The van der Waals surface area contributed by atoms with Crippen LogP contribution in [0.15, 0.2) is 30.5 Å². The van der Waals surface area contributed by atoms with Crippen LogP contribution in [0.5, 0.6) is 11.5 Å². The minimum absolute atomic E-state index is 0.699. The fourth-order valence-corrected chi connectivity index (χ4v) is 2.15. The van der Waals surface area contributed by atoms with Crippen LogP contribution >= 0.6 is 0 Å². The van der Waals surface area contributed by atoms with E-state index in [2.05, 4.69) is 27.1 Å². The lowest BCUT2D eigenvalue weighted by molar-refractivity contribution is 0.405. The molecule has 0 spiro atoms. The third kappa shape index (κ3) is 4.48. The number of rotatable bonds is 8. The highest BCUT2D eigenvalue weighted by Crippen LogP contribution is 2.31. The van der Waals surface area contributed by atoms with Gasteiger partial charge in [0, 0.05) is 25.9 Å². The molecule has 1 aromatic carbocycles. The van der Waals surface area contributed by atoms with Crippen LogP contribution in [0.4, 0.5) is 17.5 Å². The van der Waals surface area contributed by atoms with Crippen molar-refractivity contribution >= 4 is 17.5 Å². The molecule has 2 aromatic rings. The van der Waals surface area contributed by atoms with Gasteiger partial charge in [-0.05, 0) is 24.6 Å². The lowest BCUT2D eigenvalue weighted by Gasteiger charge is -2.17. The molecule has 0 aliphatic carbocycles. The number of nitrogens with zero attached hydrogens (tertiary/aromatic N) is 3. The predicted molar refractivity (Wildman–Crippen MR) is 93.0 cm³/mol. The fourth-order valence-electron chi connectivity index (χ4n) is 2.15. The number of benzene rings is 1. The average Bonchev–Trinajstić information content (AvgIpc) is 2.59. The molecule has 0 unspecified atom stereocenters. The van der Waals surface area contributed by atoms with Crippen molar-refractivity contribution in [1.29, 1.82) is 0 Å². The van der Waals surface area contributed by atoms with Gasteiger partial charge in [0.1, 0.15) is 17.3 Å². The Morgan fingerprint density at radius 3 is 2.70 bits per heavy atom. The molecule has 1 heterocycles. The van der Waals surface area contributed by atoms with Crippen LogP contribution in [-0.4, -0.2) is 37.8 Å². The van der Waals surface area contributed by atoms with Crippen LogP contribution < -0.4 is 19.7 Å². The summed E-state index contributed by atoms with van der Waals surface area (Å²) in [7, 11) is 5.27. The van der Waals surface area contributed by atoms with Crippen LogP contribution in [0.1, 0.15) is 19.8 Å². The molecule has 0 bridgehead atoms. The van der Waals surface area contributed by atoms with E-state index in [4.69, 9.17) is 9.47 Å². The maximum atomic E-state index is 5.38. The highest BCUT2D eigenvalue weighted by molar-refractivity contribution is 5.66. The van der Waals surface area contributed by atoms with Gasteiger partial charge in [0.05, 0.1) is 19.9 Å². The van der Waals surface area contributed by atoms with Crippen LogP contribution in [0.25, 0.3) is 0 Å². The van der Waals surface area contributed by atoms with Crippen molar-refractivity contribution in [2.75, 3.05) is 38.0 Å². The highest BCUT2D eigenvalue weighted by Gasteiger charge is 2.09. The average molecular weight is 316 g/mol. The molecule has 0 saturated heterocycles. The lowest BCUT2D eigenvalue weighted by Crippen LogP contribution is -2.21.